The zero-order valence-electron chi connectivity index (χ0n) is 9.30. The molecule has 0 aliphatic carbocycles. The van der Waals surface area contributed by atoms with Crippen LogP contribution in [-0.4, -0.2) is 18.4 Å². The molecule has 0 fully saturated rings. The molecule has 0 atom stereocenters. The first kappa shape index (κ1) is 13.9. The van der Waals surface area contributed by atoms with E-state index in [1.165, 1.54) is 30.8 Å². The number of Topliss-reactive ketones (excluding diaryl/α,β-unsaturated/α-hetero) is 1. The van der Waals surface area contributed by atoms with E-state index in [9.17, 15) is 18.0 Å². The Morgan fingerprint density at radius 1 is 1.41 bits per heavy atom. The molecule has 0 unspecified atom stereocenters. The highest BCUT2D eigenvalue weighted by Gasteiger charge is 2.32. The molecule has 0 spiro atoms. The summed E-state index contributed by atoms with van der Waals surface area (Å²) in [5.74, 6) is -0.516. The normalized spacial score (nSPS) is 11.4. The molecule has 6 heteroatoms. The Morgan fingerprint density at radius 2 is 2.06 bits per heavy atom. The molecule has 0 N–H and O–H groups in total. The summed E-state index contributed by atoms with van der Waals surface area (Å²) in [5, 5.41) is 0. The van der Waals surface area contributed by atoms with Crippen molar-refractivity contribution in [2.75, 3.05) is 6.26 Å². The van der Waals surface area contributed by atoms with Crippen LogP contribution in [0.25, 0.3) is 0 Å². The molecule has 17 heavy (non-hydrogen) atoms. The average molecular weight is 264 g/mol. The predicted molar refractivity (Wildman–Crippen MR) is 59.3 cm³/mol. The fourth-order valence-electron chi connectivity index (χ4n) is 1.38. The summed E-state index contributed by atoms with van der Waals surface area (Å²) in [7, 11) is 0. The van der Waals surface area contributed by atoms with Crippen LogP contribution in [0.15, 0.2) is 23.1 Å². The van der Waals surface area contributed by atoms with E-state index < -0.39 is 6.36 Å². The summed E-state index contributed by atoms with van der Waals surface area (Å²) < 4.78 is 40.5. The van der Waals surface area contributed by atoms with Crippen molar-refractivity contribution < 1.29 is 22.7 Å². The van der Waals surface area contributed by atoms with Crippen molar-refractivity contribution in [1.82, 2.24) is 0 Å². The minimum atomic E-state index is -4.75. The van der Waals surface area contributed by atoms with Crippen LogP contribution in [-0.2, 0) is 11.2 Å². The van der Waals surface area contributed by atoms with Gasteiger partial charge in [-0.3, -0.25) is 4.79 Å². The lowest BCUT2D eigenvalue weighted by Crippen LogP contribution is -2.18. The van der Waals surface area contributed by atoms with Gasteiger partial charge in [0.2, 0.25) is 0 Å². The Balaban J connectivity index is 3.14. The molecular weight excluding hydrogens is 253 g/mol. The molecule has 0 aliphatic heterocycles. The van der Waals surface area contributed by atoms with Gasteiger partial charge in [-0.2, -0.15) is 0 Å². The highest BCUT2D eigenvalue weighted by molar-refractivity contribution is 7.98. The number of hydrogen-bond acceptors (Lipinski definition) is 3. The van der Waals surface area contributed by atoms with E-state index in [0.29, 0.717) is 4.90 Å². The molecule has 0 saturated carbocycles. The second kappa shape index (κ2) is 5.44. The van der Waals surface area contributed by atoms with Crippen molar-refractivity contribution >= 4 is 17.5 Å². The van der Waals surface area contributed by atoms with Crippen molar-refractivity contribution in [2.45, 2.75) is 24.6 Å². The van der Waals surface area contributed by atoms with Gasteiger partial charge in [0, 0.05) is 16.9 Å². The molecular formula is C11H11F3O2S. The minimum Gasteiger partial charge on any atom is -0.405 e. The fourth-order valence-corrected chi connectivity index (χ4v) is 2.01. The number of ketones is 1. The van der Waals surface area contributed by atoms with Gasteiger partial charge in [0.25, 0.3) is 0 Å². The first-order valence-corrected chi connectivity index (χ1v) is 5.97. The molecule has 2 nitrogen and oxygen atoms in total. The molecule has 0 amide bonds. The van der Waals surface area contributed by atoms with Gasteiger partial charge in [0.05, 0.1) is 0 Å². The number of benzene rings is 1. The Hall–Kier alpha value is -1.17. The van der Waals surface area contributed by atoms with E-state index in [-0.39, 0.29) is 23.5 Å². The number of rotatable bonds is 4. The summed E-state index contributed by atoms with van der Waals surface area (Å²) in [6.07, 6.45) is -3.08. The summed E-state index contributed by atoms with van der Waals surface area (Å²) in [5.41, 5.74) is 0.282. The Kier molecular flexibility index (Phi) is 4.45. The molecule has 0 heterocycles. The topological polar surface area (TPSA) is 26.3 Å². The monoisotopic (exact) mass is 264 g/mol. The third-order valence-corrected chi connectivity index (χ3v) is 2.78. The number of carbonyl (C=O) groups excluding carboxylic acids is 1. The SMILES string of the molecule is CSc1cccc(OC(F)(F)F)c1CC(C)=O. The quantitative estimate of drug-likeness (QED) is 0.779. The number of carbonyl (C=O) groups is 1. The molecule has 1 rings (SSSR count). The van der Waals surface area contributed by atoms with Crippen LogP contribution in [0.5, 0.6) is 5.75 Å². The molecule has 1 aromatic rings. The van der Waals surface area contributed by atoms with E-state index in [1.54, 1.807) is 12.3 Å². The zero-order chi connectivity index (χ0) is 13.1. The second-order valence-electron chi connectivity index (χ2n) is 3.36. The summed E-state index contributed by atoms with van der Waals surface area (Å²) in [6.45, 7) is 1.33. The number of thioether (sulfide) groups is 1. The number of ether oxygens (including phenoxy) is 1. The Morgan fingerprint density at radius 3 is 2.53 bits per heavy atom. The maximum Gasteiger partial charge on any atom is 0.573 e. The smallest absolute Gasteiger partial charge is 0.405 e. The van der Waals surface area contributed by atoms with Crippen molar-refractivity contribution in [3.63, 3.8) is 0 Å². The van der Waals surface area contributed by atoms with Crippen molar-refractivity contribution in [3.8, 4) is 5.75 Å². The van der Waals surface area contributed by atoms with Gasteiger partial charge in [-0.15, -0.1) is 24.9 Å². The van der Waals surface area contributed by atoms with Crippen LogP contribution in [0.2, 0.25) is 0 Å². The fraction of sp³-hybridized carbons (Fsp3) is 0.364. The highest BCUT2D eigenvalue weighted by atomic mass is 32.2. The number of hydrogen-bond donors (Lipinski definition) is 0. The molecule has 1 aromatic carbocycles. The van der Waals surface area contributed by atoms with Crippen molar-refractivity contribution in [1.29, 1.82) is 0 Å². The minimum absolute atomic E-state index is 0.0670. The van der Waals surface area contributed by atoms with Crippen LogP contribution in [0.3, 0.4) is 0 Å². The lowest BCUT2D eigenvalue weighted by molar-refractivity contribution is -0.275. The summed E-state index contributed by atoms with van der Waals surface area (Å²) in [4.78, 5) is 11.7. The molecule has 0 aliphatic rings. The van der Waals surface area contributed by atoms with Gasteiger partial charge in [0.15, 0.2) is 0 Å². The van der Waals surface area contributed by atoms with Gasteiger partial charge < -0.3 is 4.74 Å². The molecule has 0 radical (unpaired) electrons. The highest BCUT2D eigenvalue weighted by Crippen LogP contribution is 2.32. The lowest BCUT2D eigenvalue weighted by Gasteiger charge is -2.14. The molecule has 94 valence electrons. The van der Waals surface area contributed by atoms with Gasteiger partial charge in [-0.1, -0.05) is 6.07 Å². The van der Waals surface area contributed by atoms with Gasteiger partial charge in [0.1, 0.15) is 11.5 Å². The largest absolute Gasteiger partial charge is 0.573 e. The Bertz CT molecular complexity index is 416. The van der Waals surface area contributed by atoms with Crippen molar-refractivity contribution in [3.05, 3.63) is 23.8 Å². The molecule has 0 saturated heterocycles. The van der Waals surface area contributed by atoms with Gasteiger partial charge >= 0.3 is 6.36 Å². The zero-order valence-corrected chi connectivity index (χ0v) is 10.1. The van der Waals surface area contributed by atoms with E-state index in [1.807, 2.05) is 0 Å². The third kappa shape index (κ3) is 4.30. The van der Waals surface area contributed by atoms with Crippen LogP contribution >= 0.6 is 11.8 Å². The molecule has 0 aromatic heterocycles. The predicted octanol–water partition coefficient (Wildman–Crippen LogP) is 3.44. The van der Waals surface area contributed by atoms with E-state index in [2.05, 4.69) is 4.74 Å². The summed E-state index contributed by atoms with van der Waals surface area (Å²) >= 11 is 1.28. The van der Waals surface area contributed by atoms with Crippen LogP contribution in [0.1, 0.15) is 12.5 Å². The lowest BCUT2D eigenvalue weighted by atomic mass is 10.1. The maximum absolute atomic E-state index is 12.2. The van der Waals surface area contributed by atoms with Crippen LogP contribution < -0.4 is 4.74 Å². The van der Waals surface area contributed by atoms with Crippen LogP contribution in [0.4, 0.5) is 13.2 Å². The Labute approximate surface area is 101 Å². The average Bonchev–Trinajstić information content (AvgIpc) is 2.17. The van der Waals surface area contributed by atoms with Gasteiger partial charge in [-0.25, -0.2) is 0 Å². The van der Waals surface area contributed by atoms with E-state index in [0.717, 1.165) is 0 Å². The second-order valence-corrected chi connectivity index (χ2v) is 4.21. The van der Waals surface area contributed by atoms with E-state index in [4.69, 9.17) is 0 Å². The first-order valence-electron chi connectivity index (χ1n) is 4.74. The standard InChI is InChI=1S/C11H11F3O2S/c1-7(15)6-8-9(16-11(12,13)14)4-3-5-10(8)17-2/h3-5H,6H2,1-2H3. The van der Waals surface area contributed by atoms with E-state index >= 15 is 0 Å². The van der Waals surface area contributed by atoms with Crippen molar-refractivity contribution in [2.24, 2.45) is 0 Å². The first-order chi connectivity index (χ1) is 7.83. The van der Waals surface area contributed by atoms with Crippen LogP contribution in [0, 0.1) is 0 Å². The number of alkyl halides is 3. The maximum atomic E-state index is 12.2. The third-order valence-electron chi connectivity index (χ3n) is 1.96. The molecule has 0 bridgehead atoms. The van der Waals surface area contributed by atoms with Gasteiger partial charge in [-0.05, 0) is 25.3 Å². The number of halogens is 3. The summed E-state index contributed by atoms with van der Waals surface area (Å²) in [6, 6.07) is 4.34.